The van der Waals surface area contributed by atoms with E-state index in [2.05, 4.69) is 15.2 Å². The van der Waals surface area contributed by atoms with E-state index in [0.29, 0.717) is 30.4 Å². The zero-order chi connectivity index (χ0) is 27.7. The van der Waals surface area contributed by atoms with Crippen LogP contribution >= 0.6 is 0 Å². The van der Waals surface area contributed by atoms with Gasteiger partial charge in [-0.3, -0.25) is 9.48 Å². The normalized spacial score (nSPS) is 18.0. The fraction of sp³-hybridized carbons (Fsp3) is 0.478. The number of aliphatic hydroxyl groups is 1. The smallest absolute Gasteiger partial charge is 0.433 e. The van der Waals surface area contributed by atoms with Crippen molar-refractivity contribution in [2.24, 2.45) is 5.92 Å². The fourth-order valence-electron chi connectivity index (χ4n) is 4.52. The van der Waals surface area contributed by atoms with E-state index in [1.54, 1.807) is 12.1 Å². The highest BCUT2D eigenvalue weighted by Crippen LogP contribution is 2.38. The van der Waals surface area contributed by atoms with Gasteiger partial charge in [0, 0.05) is 25.1 Å². The molecule has 206 valence electrons. The summed E-state index contributed by atoms with van der Waals surface area (Å²) in [6.45, 7) is -0.350. The molecule has 0 amide bonds. The number of benzene rings is 1. The second-order valence-electron chi connectivity index (χ2n) is 9.10. The van der Waals surface area contributed by atoms with Gasteiger partial charge in [-0.25, -0.2) is 0 Å². The molecule has 0 radical (unpaired) electrons. The number of piperidine rings is 1. The lowest BCUT2D eigenvalue weighted by Crippen LogP contribution is -2.38. The van der Waals surface area contributed by atoms with Crippen molar-refractivity contribution in [3.05, 3.63) is 41.7 Å². The molecule has 2 N–H and O–H groups in total. The Morgan fingerprint density at radius 3 is 2.50 bits per heavy atom. The number of hydrogen-bond donors (Lipinski definition) is 2. The summed E-state index contributed by atoms with van der Waals surface area (Å²) in [6, 6.07) is 6.21. The average molecular weight is 547 g/mol. The topological polar surface area (TPSA) is 118 Å². The standard InChI is InChI=1S/C23H23F6N5O4/c24-22(25,26)12-34-19(23(27,28)29)16(9-30-34)21-31-20(32-38-21)15-5-3-14(4-6-15)17(35)11-33-7-1-2-13(10-33)8-18(36)37/h3-6,9,13,17,35H,1-2,7-8,10-12H2,(H,36,37). The SMILES string of the molecule is O=C(O)CC1CCCN(CC(O)c2ccc(-c3noc(-c4cnn(CC(F)(F)F)c4C(F)(F)F)n3)cc2)C1. The summed E-state index contributed by atoms with van der Waals surface area (Å²) in [5.74, 6) is -1.60. The van der Waals surface area contributed by atoms with Gasteiger partial charge in [-0.1, -0.05) is 29.4 Å². The first-order valence-electron chi connectivity index (χ1n) is 11.6. The van der Waals surface area contributed by atoms with Gasteiger partial charge in [-0.2, -0.15) is 36.4 Å². The molecule has 1 aromatic carbocycles. The number of aromatic nitrogens is 4. The zero-order valence-corrected chi connectivity index (χ0v) is 19.7. The highest BCUT2D eigenvalue weighted by molar-refractivity contribution is 5.67. The number of rotatable bonds is 8. The molecule has 1 fully saturated rings. The molecule has 38 heavy (non-hydrogen) atoms. The third kappa shape index (κ3) is 6.69. The Balaban J connectivity index is 1.47. The lowest BCUT2D eigenvalue weighted by atomic mass is 9.94. The van der Waals surface area contributed by atoms with Crippen molar-refractivity contribution >= 4 is 5.97 Å². The Bertz CT molecular complexity index is 1250. The van der Waals surface area contributed by atoms with Crippen molar-refractivity contribution < 1.29 is 45.9 Å². The molecule has 1 saturated heterocycles. The van der Waals surface area contributed by atoms with Crippen LogP contribution in [0.5, 0.6) is 0 Å². The number of alkyl halides is 6. The summed E-state index contributed by atoms with van der Waals surface area (Å²) < 4.78 is 83.4. The van der Waals surface area contributed by atoms with E-state index in [-0.39, 0.29) is 22.8 Å². The Hall–Kier alpha value is -3.46. The van der Waals surface area contributed by atoms with E-state index in [4.69, 9.17) is 9.63 Å². The van der Waals surface area contributed by atoms with Crippen LogP contribution < -0.4 is 0 Å². The number of carbonyl (C=O) groups is 1. The first kappa shape index (κ1) is 27.6. The minimum atomic E-state index is -5.16. The van der Waals surface area contributed by atoms with E-state index in [1.165, 1.54) is 12.1 Å². The van der Waals surface area contributed by atoms with E-state index in [9.17, 15) is 36.2 Å². The van der Waals surface area contributed by atoms with Crippen molar-refractivity contribution in [2.75, 3.05) is 19.6 Å². The van der Waals surface area contributed by atoms with Crippen LogP contribution in [0.1, 0.15) is 36.6 Å². The van der Waals surface area contributed by atoms with Crippen molar-refractivity contribution in [1.29, 1.82) is 0 Å². The Kier molecular flexibility index (Phi) is 7.78. The summed E-state index contributed by atoms with van der Waals surface area (Å²) >= 11 is 0. The molecule has 1 aliphatic heterocycles. The maximum Gasteiger partial charge on any atom is 0.433 e. The molecule has 1 aliphatic rings. The summed E-state index contributed by atoms with van der Waals surface area (Å²) in [5, 5.41) is 26.5. The Labute approximate surface area is 211 Å². The second-order valence-corrected chi connectivity index (χ2v) is 9.10. The highest BCUT2D eigenvalue weighted by atomic mass is 19.4. The van der Waals surface area contributed by atoms with Crippen molar-refractivity contribution in [3.8, 4) is 22.8 Å². The quantitative estimate of drug-likeness (QED) is 0.399. The summed E-state index contributed by atoms with van der Waals surface area (Å²) in [7, 11) is 0. The molecule has 0 saturated carbocycles. The molecule has 2 atom stereocenters. The van der Waals surface area contributed by atoms with Crippen LogP contribution in [-0.2, 0) is 17.5 Å². The number of carboxylic acids is 1. The van der Waals surface area contributed by atoms with Crippen LogP contribution in [0.4, 0.5) is 26.3 Å². The number of hydrogen-bond acceptors (Lipinski definition) is 7. The van der Waals surface area contributed by atoms with Crippen LogP contribution in [0.3, 0.4) is 0 Å². The summed E-state index contributed by atoms with van der Waals surface area (Å²) in [5.41, 5.74) is -1.56. The van der Waals surface area contributed by atoms with Crippen LogP contribution in [0.2, 0.25) is 0 Å². The first-order valence-corrected chi connectivity index (χ1v) is 11.6. The number of aliphatic carboxylic acids is 1. The molecular formula is C23H23F6N5O4. The van der Waals surface area contributed by atoms with E-state index < -0.39 is 48.1 Å². The number of aliphatic hydroxyl groups excluding tert-OH is 1. The molecule has 2 aromatic heterocycles. The zero-order valence-electron chi connectivity index (χ0n) is 19.7. The van der Waals surface area contributed by atoms with Crippen molar-refractivity contribution in [2.45, 2.75) is 44.3 Å². The minimum Gasteiger partial charge on any atom is -0.481 e. The monoisotopic (exact) mass is 547 g/mol. The average Bonchev–Trinajstić information content (AvgIpc) is 3.45. The third-order valence-electron chi connectivity index (χ3n) is 6.14. The number of nitrogens with zero attached hydrogens (tertiary/aromatic N) is 5. The fourth-order valence-corrected chi connectivity index (χ4v) is 4.52. The Morgan fingerprint density at radius 2 is 1.87 bits per heavy atom. The van der Waals surface area contributed by atoms with Crippen LogP contribution in [0.25, 0.3) is 22.8 Å². The number of likely N-dealkylation sites (tertiary alicyclic amines) is 1. The van der Waals surface area contributed by atoms with E-state index in [0.717, 1.165) is 19.4 Å². The molecular weight excluding hydrogens is 524 g/mol. The van der Waals surface area contributed by atoms with Crippen LogP contribution in [-0.4, -0.2) is 66.8 Å². The maximum atomic E-state index is 13.5. The molecule has 15 heteroatoms. The second kappa shape index (κ2) is 10.7. The van der Waals surface area contributed by atoms with Gasteiger partial charge >= 0.3 is 18.3 Å². The number of carboxylic acid groups (broad SMARTS) is 1. The lowest BCUT2D eigenvalue weighted by molar-refractivity contribution is -0.160. The summed E-state index contributed by atoms with van der Waals surface area (Å²) in [4.78, 5) is 16.9. The molecule has 2 unspecified atom stereocenters. The molecule has 3 heterocycles. The van der Waals surface area contributed by atoms with Crippen molar-refractivity contribution in [3.63, 3.8) is 0 Å². The maximum absolute atomic E-state index is 13.5. The molecule has 0 aliphatic carbocycles. The van der Waals surface area contributed by atoms with Crippen molar-refractivity contribution in [1.82, 2.24) is 24.8 Å². The summed E-state index contributed by atoms with van der Waals surface area (Å²) in [6.07, 6.45) is -8.66. The van der Waals surface area contributed by atoms with Gasteiger partial charge < -0.3 is 19.6 Å². The molecule has 4 rings (SSSR count). The predicted molar refractivity (Wildman–Crippen MR) is 118 cm³/mol. The first-order chi connectivity index (χ1) is 17.8. The van der Waals surface area contributed by atoms with Crippen LogP contribution in [0.15, 0.2) is 35.0 Å². The lowest BCUT2D eigenvalue weighted by Gasteiger charge is -2.33. The molecule has 3 aromatic rings. The van der Waals surface area contributed by atoms with Gasteiger partial charge in [0.25, 0.3) is 5.89 Å². The number of halogens is 6. The van der Waals surface area contributed by atoms with Gasteiger partial charge in [0.1, 0.15) is 6.54 Å². The highest BCUT2D eigenvalue weighted by Gasteiger charge is 2.42. The minimum absolute atomic E-state index is 0.0155. The van der Waals surface area contributed by atoms with Gasteiger partial charge in [-0.05, 0) is 30.9 Å². The Morgan fingerprint density at radius 1 is 1.16 bits per heavy atom. The predicted octanol–water partition coefficient (Wildman–Crippen LogP) is 4.40. The third-order valence-corrected chi connectivity index (χ3v) is 6.14. The number of β-amino-alcohol motifs (C(OH)–C–C–N with tert-alkyl or cyclic N) is 1. The molecule has 0 bridgehead atoms. The van der Waals surface area contributed by atoms with Gasteiger partial charge in [0.15, 0.2) is 5.69 Å². The van der Waals surface area contributed by atoms with E-state index in [1.807, 2.05) is 4.90 Å². The van der Waals surface area contributed by atoms with Crippen LogP contribution in [0, 0.1) is 5.92 Å². The molecule has 9 nitrogen and oxygen atoms in total. The molecule has 0 spiro atoms. The van der Waals surface area contributed by atoms with E-state index >= 15 is 0 Å². The van der Waals surface area contributed by atoms with Gasteiger partial charge in [0.05, 0.1) is 17.9 Å². The van der Waals surface area contributed by atoms with Gasteiger partial charge in [-0.15, -0.1) is 0 Å². The van der Waals surface area contributed by atoms with Gasteiger partial charge in [0.2, 0.25) is 5.82 Å². The largest absolute Gasteiger partial charge is 0.481 e.